The van der Waals surface area contributed by atoms with Crippen molar-refractivity contribution in [1.29, 1.82) is 0 Å². The molecule has 0 bridgehead atoms. The van der Waals surface area contributed by atoms with E-state index in [-0.39, 0.29) is 5.56 Å². The van der Waals surface area contributed by atoms with E-state index in [1.807, 2.05) is 32.0 Å². The van der Waals surface area contributed by atoms with Crippen molar-refractivity contribution in [2.24, 2.45) is 0 Å². The van der Waals surface area contributed by atoms with Crippen LogP contribution in [0.1, 0.15) is 33.1 Å². The summed E-state index contributed by atoms with van der Waals surface area (Å²) in [4.78, 5) is 20.2. The molecule has 6 heteroatoms. The van der Waals surface area contributed by atoms with Crippen molar-refractivity contribution in [3.8, 4) is 11.1 Å². The summed E-state index contributed by atoms with van der Waals surface area (Å²) in [5.41, 5.74) is 9.56. The first kappa shape index (κ1) is 21.5. The molecule has 0 radical (unpaired) electrons. The van der Waals surface area contributed by atoms with Crippen molar-refractivity contribution >= 4 is 48.7 Å². The molecule has 6 rings (SSSR count). The Morgan fingerprint density at radius 3 is 2.52 bits per heavy atom. The Bertz CT molecular complexity index is 1510. The molecule has 0 saturated carbocycles. The van der Waals surface area contributed by atoms with Gasteiger partial charge in [-0.1, -0.05) is 32.0 Å². The number of aromatic nitrogens is 2. The van der Waals surface area contributed by atoms with Gasteiger partial charge in [0.25, 0.3) is 5.56 Å². The molecule has 3 aromatic heterocycles. The van der Waals surface area contributed by atoms with Crippen LogP contribution in [0.5, 0.6) is 0 Å². The number of nitrogens with zero attached hydrogens (tertiary/aromatic N) is 3. The molecule has 0 amide bonds. The summed E-state index contributed by atoms with van der Waals surface area (Å²) in [6.45, 7) is 5.91. The fourth-order valence-electron chi connectivity index (χ4n) is 4.64. The number of hydrogen-bond donors (Lipinski definition) is 1. The molecule has 1 fully saturated rings. The van der Waals surface area contributed by atoms with Crippen molar-refractivity contribution in [1.82, 2.24) is 9.38 Å². The zero-order valence-electron chi connectivity index (χ0n) is 19.0. The van der Waals surface area contributed by atoms with Gasteiger partial charge in [0.2, 0.25) is 0 Å². The lowest BCUT2D eigenvalue weighted by Crippen LogP contribution is -2.31. The third kappa shape index (κ3) is 3.74. The maximum atomic E-state index is 13.0. The minimum atomic E-state index is -0.0382. The molecule has 4 heterocycles. The van der Waals surface area contributed by atoms with E-state index in [4.69, 9.17) is 10.7 Å². The Kier molecular flexibility index (Phi) is 5.77. The predicted octanol–water partition coefficient (Wildman–Crippen LogP) is 6.33. The molecule has 0 spiro atoms. The van der Waals surface area contributed by atoms with Crippen molar-refractivity contribution in [3.05, 3.63) is 71.1 Å². The maximum Gasteiger partial charge on any atom is 0.259 e. The normalized spacial score (nSPS) is 13.9. The summed E-state index contributed by atoms with van der Waals surface area (Å²) in [7, 11) is 0. The second kappa shape index (κ2) is 8.87. The highest BCUT2D eigenvalue weighted by Gasteiger charge is 2.17. The first-order chi connectivity index (χ1) is 16.2. The fourth-order valence-corrected chi connectivity index (χ4v) is 5.85. The van der Waals surface area contributed by atoms with Crippen LogP contribution in [0.4, 0.5) is 11.5 Å². The molecule has 2 N–H and O–H groups in total. The Balaban J connectivity index is 0.00000111. The Morgan fingerprint density at radius 1 is 0.909 bits per heavy atom. The lowest BCUT2D eigenvalue weighted by atomic mass is 10.0. The van der Waals surface area contributed by atoms with E-state index in [2.05, 4.69) is 35.2 Å². The quantitative estimate of drug-likeness (QED) is 0.315. The Morgan fingerprint density at radius 2 is 1.70 bits per heavy atom. The van der Waals surface area contributed by atoms with Crippen LogP contribution in [0.2, 0.25) is 0 Å². The number of anilines is 2. The number of pyridine rings is 1. The van der Waals surface area contributed by atoms with Gasteiger partial charge in [0.1, 0.15) is 11.5 Å². The molecule has 0 aliphatic carbocycles. The van der Waals surface area contributed by atoms with Gasteiger partial charge in [0.05, 0.1) is 0 Å². The largest absolute Gasteiger partial charge is 0.399 e. The second-order valence-corrected chi connectivity index (χ2v) is 9.21. The zero-order valence-corrected chi connectivity index (χ0v) is 19.9. The van der Waals surface area contributed by atoms with Gasteiger partial charge in [0, 0.05) is 62.3 Å². The van der Waals surface area contributed by atoms with Gasteiger partial charge in [0.15, 0.2) is 0 Å². The number of piperidine rings is 1. The number of nitrogens with two attached hydrogens (primary N) is 1. The number of rotatable bonds is 2. The average Bonchev–Trinajstić information content (AvgIpc) is 3.23. The highest BCUT2D eigenvalue weighted by atomic mass is 32.1. The van der Waals surface area contributed by atoms with Crippen LogP contribution < -0.4 is 16.2 Å². The number of benzene rings is 2. The van der Waals surface area contributed by atoms with Gasteiger partial charge in [-0.25, -0.2) is 4.98 Å². The lowest BCUT2D eigenvalue weighted by Gasteiger charge is -2.27. The van der Waals surface area contributed by atoms with Crippen LogP contribution in [-0.2, 0) is 0 Å². The summed E-state index contributed by atoms with van der Waals surface area (Å²) >= 11 is 1.76. The molecule has 0 atom stereocenters. The van der Waals surface area contributed by atoms with Gasteiger partial charge in [-0.15, -0.1) is 11.3 Å². The zero-order chi connectivity index (χ0) is 22.9. The Hall–Kier alpha value is -3.38. The number of fused-ring (bicyclic) bond motifs is 4. The average molecular weight is 457 g/mol. The third-order valence-corrected chi connectivity index (χ3v) is 7.39. The molecule has 33 heavy (non-hydrogen) atoms. The topological polar surface area (TPSA) is 63.6 Å². The van der Waals surface area contributed by atoms with E-state index in [1.165, 1.54) is 26.6 Å². The molecule has 2 aromatic carbocycles. The predicted molar refractivity (Wildman–Crippen MR) is 142 cm³/mol. The van der Waals surface area contributed by atoms with Crippen molar-refractivity contribution in [2.75, 3.05) is 23.7 Å². The van der Waals surface area contributed by atoms with Gasteiger partial charge in [-0.2, -0.15) is 0 Å². The third-order valence-electron chi connectivity index (χ3n) is 6.17. The first-order valence-electron chi connectivity index (χ1n) is 11.7. The smallest absolute Gasteiger partial charge is 0.259 e. The van der Waals surface area contributed by atoms with Gasteiger partial charge in [-0.05, 0) is 49.6 Å². The maximum absolute atomic E-state index is 13.0. The summed E-state index contributed by atoms with van der Waals surface area (Å²) in [5, 5.41) is 2.35. The van der Waals surface area contributed by atoms with E-state index in [9.17, 15) is 4.79 Å². The molecule has 0 unspecified atom stereocenters. The van der Waals surface area contributed by atoms with Crippen LogP contribution >= 0.6 is 11.3 Å². The van der Waals surface area contributed by atoms with Gasteiger partial charge in [-0.3, -0.25) is 9.20 Å². The summed E-state index contributed by atoms with van der Waals surface area (Å²) in [5.74, 6) is 0.786. The highest BCUT2D eigenvalue weighted by Crippen LogP contribution is 2.41. The summed E-state index contributed by atoms with van der Waals surface area (Å²) < 4.78 is 4.05. The van der Waals surface area contributed by atoms with Crippen molar-refractivity contribution < 1.29 is 0 Å². The summed E-state index contributed by atoms with van der Waals surface area (Å²) in [6, 6.07) is 18.1. The highest BCUT2D eigenvalue weighted by molar-refractivity contribution is 7.26. The monoisotopic (exact) mass is 456 g/mol. The van der Waals surface area contributed by atoms with Gasteiger partial charge >= 0.3 is 0 Å². The van der Waals surface area contributed by atoms with E-state index < -0.39 is 0 Å². The number of hydrogen-bond acceptors (Lipinski definition) is 5. The number of thiophene rings is 1. The second-order valence-electron chi connectivity index (χ2n) is 8.16. The molecule has 5 nitrogen and oxygen atoms in total. The molecule has 1 aliphatic heterocycles. The summed E-state index contributed by atoms with van der Waals surface area (Å²) in [6.07, 6.45) is 5.34. The van der Waals surface area contributed by atoms with E-state index in [0.717, 1.165) is 48.6 Å². The number of nitrogen functional groups attached to an aromatic ring is 1. The molecule has 1 saturated heterocycles. The van der Waals surface area contributed by atoms with E-state index in [0.29, 0.717) is 5.65 Å². The van der Waals surface area contributed by atoms with Crippen LogP contribution in [0, 0.1) is 0 Å². The van der Waals surface area contributed by atoms with E-state index >= 15 is 0 Å². The minimum Gasteiger partial charge on any atom is -0.399 e. The minimum absolute atomic E-state index is 0.0382. The first-order valence-corrected chi connectivity index (χ1v) is 12.5. The Labute approximate surface area is 197 Å². The standard InChI is InChI=1S/C25H22N4OS.C2H6/c26-16-9-10-21-20(14-16)18-7-4-6-17(24(18)31-21)19-8-5-13-29-23(30)15-22(27-25(19)29)28-11-2-1-3-12-28;1-2/h4-10,13-15H,1-3,11-12,26H2;1-2H3. The molecule has 168 valence electrons. The lowest BCUT2D eigenvalue weighted by molar-refractivity contribution is 0.573. The van der Waals surface area contributed by atoms with Crippen LogP contribution in [0.15, 0.2) is 65.6 Å². The van der Waals surface area contributed by atoms with E-state index in [1.54, 1.807) is 28.0 Å². The SMILES string of the molecule is CC.Nc1ccc2sc3c(-c4cccn5c(=O)cc(N6CCCCC6)nc45)cccc3c2c1. The fraction of sp³-hybridized carbons (Fsp3) is 0.259. The van der Waals surface area contributed by atoms with Crippen molar-refractivity contribution in [2.45, 2.75) is 33.1 Å². The molecular weight excluding hydrogens is 428 g/mol. The molecular formula is C27H28N4OS. The van der Waals surface area contributed by atoms with Crippen LogP contribution in [0.25, 0.3) is 36.9 Å². The molecule has 5 aromatic rings. The van der Waals surface area contributed by atoms with Gasteiger partial charge < -0.3 is 10.6 Å². The van der Waals surface area contributed by atoms with Crippen molar-refractivity contribution in [3.63, 3.8) is 0 Å². The molecule has 1 aliphatic rings. The van der Waals surface area contributed by atoms with Crippen LogP contribution in [-0.4, -0.2) is 22.5 Å². The van der Waals surface area contributed by atoms with Crippen LogP contribution in [0.3, 0.4) is 0 Å².